The monoisotopic (exact) mass is 423 g/mol. The van der Waals surface area contributed by atoms with Crippen LogP contribution in [-0.4, -0.2) is 24.4 Å². The number of nitrogen functional groups attached to an aromatic ring is 1. The molecular weight excluding hydrogens is 397 g/mol. The van der Waals surface area contributed by atoms with E-state index in [2.05, 4.69) is 10.6 Å². The van der Waals surface area contributed by atoms with Gasteiger partial charge in [-0.15, -0.1) is 12.4 Å². The van der Waals surface area contributed by atoms with Crippen LogP contribution in [0.5, 0.6) is 0 Å². The fourth-order valence-corrected chi connectivity index (χ4v) is 2.81. The molecule has 0 spiro atoms. The second-order valence-corrected chi connectivity index (χ2v) is 7.38. The Balaban J connectivity index is 0.00000392. The lowest BCUT2D eigenvalue weighted by molar-refractivity contribution is -0.123. The maximum absolute atomic E-state index is 12.6. The Morgan fingerprint density at radius 1 is 1.04 bits per heavy atom. The fourth-order valence-electron chi connectivity index (χ4n) is 2.68. The SMILES string of the molecule is CC(C)CC(NC(=O)c1ccc(Cl)cc1)C(=O)NCCc1ccc(N)cc1.Cl. The topological polar surface area (TPSA) is 84.2 Å². The van der Waals surface area contributed by atoms with Crippen molar-refractivity contribution in [1.82, 2.24) is 10.6 Å². The predicted octanol–water partition coefficient (Wildman–Crippen LogP) is 3.85. The van der Waals surface area contributed by atoms with Gasteiger partial charge in [0.1, 0.15) is 6.04 Å². The van der Waals surface area contributed by atoms with Crippen molar-refractivity contribution in [2.75, 3.05) is 12.3 Å². The molecule has 0 heterocycles. The van der Waals surface area contributed by atoms with Crippen LogP contribution in [0.1, 0.15) is 36.2 Å². The van der Waals surface area contributed by atoms with Crippen LogP contribution in [0.15, 0.2) is 48.5 Å². The zero-order valence-electron chi connectivity index (χ0n) is 16.1. The molecule has 0 saturated carbocycles. The lowest BCUT2D eigenvalue weighted by atomic mass is 10.0. The molecule has 7 heteroatoms. The van der Waals surface area contributed by atoms with Gasteiger partial charge < -0.3 is 16.4 Å². The first-order valence-corrected chi connectivity index (χ1v) is 9.41. The van der Waals surface area contributed by atoms with Crippen LogP contribution in [0.4, 0.5) is 5.69 Å². The molecule has 1 unspecified atom stereocenters. The number of carbonyl (C=O) groups excluding carboxylic acids is 2. The van der Waals surface area contributed by atoms with Gasteiger partial charge in [-0.25, -0.2) is 0 Å². The highest BCUT2D eigenvalue weighted by Gasteiger charge is 2.22. The predicted molar refractivity (Wildman–Crippen MR) is 117 cm³/mol. The molecule has 28 heavy (non-hydrogen) atoms. The maximum atomic E-state index is 12.6. The standard InChI is InChI=1S/C21H26ClN3O2.ClH/c1-14(2)13-19(25-20(26)16-5-7-17(22)8-6-16)21(27)24-12-11-15-3-9-18(23)10-4-15;/h3-10,14,19H,11-13,23H2,1-2H3,(H,24,27)(H,25,26);1H. The van der Waals surface area contributed by atoms with Gasteiger partial charge in [-0.1, -0.05) is 37.6 Å². The largest absolute Gasteiger partial charge is 0.399 e. The molecule has 5 nitrogen and oxygen atoms in total. The van der Waals surface area contributed by atoms with E-state index < -0.39 is 6.04 Å². The van der Waals surface area contributed by atoms with Crippen molar-refractivity contribution in [2.24, 2.45) is 5.92 Å². The van der Waals surface area contributed by atoms with Gasteiger partial charge in [-0.05, 0) is 60.7 Å². The first-order chi connectivity index (χ1) is 12.8. The third-order valence-electron chi connectivity index (χ3n) is 4.13. The molecule has 0 fully saturated rings. The van der Waals surface area contributed by atoms with E-state index in [1.807, 2.05) is 38.1 Å². The minimum atomic E-state index is -0.584. The number of hydrogen-bond donors (Lipinski definition) is 3. The van der Waals surface area contributed by atoms with Gasteiger partial charge in [0.15, 0.2) is 0 Å². The summed E-state index contributed by atoms with van der Waals surface area (Å²) in [6, 6.07) is 13.6. The van der Waals surface area contributed by atoms with Crippen LogP contribution >= 0.6 is 24.0 Å². The van der Waals surface area contributed by atoms with E-state index in [0.29, 0.717) is 35.7 Å². The Kier molecular flexibility index (Phi) is 9.83. The highest BCUT2D eigenvalue weighted by Crippen LogP contribution is 2.11. The third kappa shape index (κ3) is 7.79. The lowest BCUT2D eigenvalue weighted by Gasteiger charge is -2.20. The Morgan fingerprint density at radius 2 is 1.64 bits per heavy atom. The number of nitrogens with two attached hydrogens (primary N) is 1. The van der Waals surface area contributed by atoms with E-state index in [0.717, 1.165) is 5.56 Å². The third-order valence-corrected chi connectivity index (χ3v) is 4.38. The molecular formula is C21H27Cl2N3O2. The molecule has 2 aromatic carbocycles. The van der Waals surface area contributed by atoms with E-state index in [4.69, 9.17) is 17.3 Å². The van der Waals surface area contributed by atoms with Gasteiger partial charge in [0, 0.05) is 22.8 Å². The Hall–Kier alpha value is -2.24. The number of nitrogens with one attached hydrogen (secondary N) is 2. The molecule has 2 rings (SSSR count). The summed E-state index contributed by atoms with van der Waals surface area (Å²) in [6.07, 6.45) is 1.26. The molecule has 152 valence electrons. The fraction of sp³-hybridized carbons (Fsp3) is 0.333. The summed E-state index contributed by atoms with van der Waals surface area (Å²) in [7, 11) is 0. The van der Waals surface area contributed by atoms with Crippen LogP contribution < -0.4 is 16.4 Å². The van der Waals surface area contributed by atoms with Gasteiger partial charge >= 0.3 is 0 Å². The van der Waals surface area contributed by atoms with Crippen LogP contribution in [0.3, 0.4) is 0 Å². The molecule has 4 N–H and O–H groups in total. The number of rotatable bonds is 8. The zero-order valence-corrected chi connectivity index (χ0v) is 17.6. The average molecular weight is 424 g/mol. The number of benzene rings is 2. The van der Waals surface area contributed by atoms with E-state index in [1.165, 1.54) is 0 Å². The summed E-state index contributed by atoms with van der Waals surface area (Å²) in [5.41, 5.74) is 7.96. The summed E-state index contributed by atoms with van der Waals surface area (Å²) in [5, 5.41) is 6.30. The zero-order chi connectivity index (χ0) is 19.8. The van der Waals surface area contributed by atoms with E-state index in [1.54, 1.807) is 24.3 Å². The van der Waals surface area contributed by atoms with E-state index >= 15 is 0 Å². The molecule has 0 saturated heterocycles. The van der Waals surface area contributed by atoms with Gasteiger partial charge in [-0.2, -0.15) is 0 Å². The van der Waals surface area contributed by atoms with Crippen LogP contribution in [-0.2, 0) is 11.2 Å². The molecule has 2 aromatic rings. The summed E-state index contributed by atoms with van der Waals surface area (Å²) in [5.74, 6) is -0.198. The van der Waals surface area contributed by atoms with Crippen molar-refractivity contribution in [3.8, 4) is 0 Å². The van der Waals surface area contributed by atoms with Gasteiger partial charge in [0.25, 0.3) is 5.91 Å². The number of anilines is 1. The van der Waals surface area contributed by atoms with Crippen molar-refractivity contribution < 1.29 is 9.59 Å². The molecule has 1 atom stereocenters. The number of amides is 2. The lowest BCUT2D eigenvalue weighted by Crippen LogP contribution is -2.47. The first-order valence-electron chi connectivity index (χ1n) is 9.03. The van der Waals surface area contributed by atoms with Crippen molar-refractivity contribution in [3.63, 3.8) is 0 Å². The smallest absolute Gasteiger partial charge is 0.251 e. The number of carbonyl (C=O) groups is 2. The minimum absolute atomic E-state index is 0. The van der Waals surface area contributed by atoms with Crippen molar-refractivity contribution >= 4 is 41.5 Å². The maximum Gasteiger partial charge on any atom is 0.251 e. The van der Waals surface area contributed by atoms with Gasteiger partial charge in [0.05, 0.1) is 0 Å². The van der Waals surface area contributed by atoms with Crippen molar-refractivity contribution in [2.45, 2.75) is 32.7 Å². The van der Waals surface area contributed by atoms with Crippen LogP contribution in [0.2, 0.25) is 5.02 Å². The van der Waals surface area contributed by atoms with E-state index in [-0.39, 0.29) is 30.1 Å². The van der Waals surface area contributed by atoms with Gasteiger partial charge in [0.2, 0.25) is 5.91 Å². The summed E-state index contributed by atoms with van der Waals surface area (Å²) >= 11 is 5.85. The highest BCUT2D eigenvalue weighted by atomic mass is 35.5. The Bertz CT molecular complexity index is 762. The Labute approximate surface area is 177 Å². The Morgan fingerprint density at radius 3 is 2.21 bits per heavy atom. The molecule has 0 aliphatic carbocycles. The molecule has 0 aromatic heterocycles. The first kappa shape index (κ1) is 23.8. The highest BCUT2D eigenvalue weighted by molar-refractivity contribution is 6.30. The number of halogens is 2. The van der Waals surface area contributed by atoms with Crippen LogP contribution in [0, 0.1) is 5.92 Å². The van der Waals surface area contributed by atoms with Crippen molar-refractivity contribution in [1.29, 1.82) is 0 Å². The second-order valence-electron chi connectivity index (χ2n) is 6.95. The molecule has 0 bridgehead atoms. The molecule has 0 aliphatic rings. The molecule has 2 amide bonds. The number of hydrogen-bond acceptors (Lipinski definition) is 3. The summed E-state index contributed by atoms with van der Waals surface area (Å²) in [6.45, 7) is 4.53. The quantitative estimate of drug-likeness (QED) is 0.563. The summed E-state index contributed by atoms with van der Waals surface area (Å²) < 4.78 is 0. The van der Waals surface area contributed by atoms with Crippen molar-refractivity contribution in [3.05, 3.63) is 64.7 Å². The molecule has 0 aliphatic heterocycles. The van der Waals surface area contributed by atoms with E-state index in [9.17, 15) is 9.59 Å². The minimum Gasteiger partial charge on any atom is -0.399 e. The second kappa shape index (κ2) is 11.6. The van der Waals surface area contributed by atoms with Gasteiger partial charge in [-0.3, -0.25) is 9.59 Å². The normalized spacial score (nSPS) is 11.4. The average Bonchev–Trinajstić information content (AvgIpc) is 2.63. The summed E-state index contributed by atoms with van der Waals surface area (Å²) in [4.78, 5) is 25.0. The molecule has 0 radical (unpaired) electrons. The van der Waals surface area contributed by atoms with Crippen LogP contribution in [0.25, 0.3) is 0 Å².